The van der Waals surface area contributed by atoms with Crippen molar-refractivity contribution in [3.05, 3.63) is 35.9 Å². The second-order valence-electron chi connectivity index (χ2n) is 5.27. The first-order valence-corrected chi connectivity index (χ1v) is 10.2. The second-order valence-corrected chi connectivity index (χ2v) is 9.88. The average molecular weight is 376 g/mol. The normalized spacial score (nSPS) is 27.8. The number of benzene rings is 1. The van der Waals surface area contributed by atoms with Crippen LogP contribution in [-0.2, 0) is 38.7 Å². The predicted octanol–water partition coefficient (Wildman–Crippen LogP) is -0.346. The molecular weight excluding hydrogens is 360 g/mol. The van der Waals surface area contributed by atoms with Crippen LogP contribution in [0.15, 0.2) is 30.3 Å². The molecule has 1 aromatic rings. The zero-order chi connectivity index (χ0) is 18.1. The van der Waals surface area contributed by atoms with Crippen molar-refractivity contribution in [2.45, 2.75) is 16.4 Å². The minimum absolute atomic E-state index is 0.218. The molecule has 2 atom stereocenters. The maximum Gasteiger partial charge on any atom is 0.324 e. The fourth-order valence-electron chi connectivity index (χ4n) is 2.82. The third kappa shape index (κ3) is 3.16. The lowest BCUT2D eigenvalue weighted by molar-refractivity contribution is -0.142. The van der Waals surface area contributed by atoms with Crippen molar-refractivity contribution in [2.75, 3.05) is 19.3 Å². The highest BCUT2D eigenvalue weighted by Gasteiger charge is 2.58. The van der Waals surface area contributed by atoms with Gasteiger partial charge in [-0.15, -0.1) is 0 Å². The smallest absolute Gasteiger partial charge is 0.324 e. The van der Waals surface area contributed by atoms with Crippen LogP contribution in [0.5, 0.6) is 0 Å². The molecule has 0 N–H and O–H groups in total. The first-order valence-electron chi connectivity index (χ1n) is 6.79. The lowest BCUT2D eigenvalue weighted by Gasteiger charge is -2.34. The second kappa shape index (κ2) is 6.52. The Hall–Kier alpha value is -1.94. The number of hydrogen-bond donors (Lipinski definition) is 0. The molecule has 1 heterocycles. The monoisotopic (exact) mass is 376 g/mol. The van der Waals surface area contributed by atoms with Gasteiger partial charge in [-0.05, 0) is 5.56 Å². The van der Waals surface area contributed by atoms with Crippen LogP contribution in [0.2, 0.25) is 0 Å². The number of esters is 2. The van der Waals surface area contributed by atoms with Crippen LogP contribution in [0.4, 0.5) is 0 Å². The number of hydrogen-bond acceptors (Lipinski definition) is 8. The number of methoxy groups -OCH3 is 2. The Morgan fingerprint density at radius 1 is 0.875 bits per heavy atom. The highest BCUT2D eigenvalue weighted by Crippen LogP contribution is 2.39. The molecule has 0 aliphatic carbocycles. The lowest BCUT2D eigenvalue weighted by Crippen LogP contribution is -2.55. The average Bonchev–Trinajstić information content (AvgIpc) is 2.52. The van der Waals surface area contributed by atoms with E-state index in [0.717, 1.165) is 14.2 Å². The Morgan fingerprint density at radius 2 is 1.29 bits per heavy atom. The molecule has 1 aliphatic heterocycles. The van der Waals surface area contributed by atoms with Crippen molar-refractivity contribution < 1.29 is 35.9 Å². The summed E-state index contributed by atoms with van der Waals surface area (Å²) in [5, 5.41) is -4.93. The molecule has 1 aliphatic rings. The number of rotatable bonds is 3. The zero-order valence-electron chi connectivity index (χ0n) is 12.9. The van der Waals surface area contributed by atoms with Gasteiger partial charge in [-0.25, -0.2) is 16.8 Å². The van der Waals surface area contributed by atoms with E-state index in [2.05, 4.69) is 9.47 Å². The van der Waals surface area contributed by atoms with Crippen LogP contribution in [0.1, 0.15) is 11.5 Å². The van der Waals surface area contributed by atoms with Gasteiger partial charge in [0.15, 0.2) is 35.3 Å². The molecule has 1 fully saturated rings. The number of carbonyl (C=O) groups is 2. The molecule has 24 heavy (non-hydrogen) atoms. The van der Waals surface area contributed by atoms with Crippen molar-refractivity contribution >= 4 is 31.6 Å². The summed E-state index contributed by atoms with van der Waals surface area (Å²) in [6, 6.07) is 7.63. The molecule has 0 radical (unpaired) electrons. The first kappa shape index (κ1) is 18.4. The van der Waals surface area contributed by atoms with E-state index in [9.17, 15) is 26.4 Å². The highest BCUT2D eigenvalue weighted by molar-refractivity contribution is 8.09. The van der Waals surface area contributed by atoms with Gasteiger partial charge in [-0.1, -0.05) is 30.3 Å². The summed E-state index contributed by atoms with van der Waals surface area (Å²) < 4.78 is 58.7. The van der Waals surface area contributed by atoms with E-state index in [-0.39, 0.29) is 5.56 Å². The van der Waals surface area contributed by atoms with Gasteiger partial charge in [0.05, 0.1) is 14.2 Å². The van der Waals surface area contributed by atoms with E-state index in [4.69, 9.17) is 0 Å². The van der Waals surface area contributed by atoms with E-state index in [1.54, 1.807) is 18.2 Å². The SMILES string of the molecule is COC(=O)[C@H]1C(c2ccccc2)[C@H](C(=O)OC)S(=O)(=O)CS1(=O)=O. The maximum absolute atomic E-state index is 12.4. The Balaban J connectivity index is 2.77. The van der Waals surface area contributed by atoms with Gasteiger partial charge in [0.2, 0.25) is 0 Å². The largest absolute Gasteiger partial charge is 0.468 e. The summed E-state index contributed by atoms with van der Waals surface area (Å²) in [7, 11) is -6.78. The maximum atomic E-state index is 12.4. The first-order chi connectivity index (χ1) is 11.2. The van der Waals surface area contributed by atoms with Gasteiger partial charge in [0, 0.05) is 5.92 Å². The molecule has 0 spiro atoms. The molecule has 1 aromatic carbocycles. The summed E-state index contributed by atoms with van der Waals surface area (Å²) in [6.45, 7) is 0. The molecule has 0 aromatic heterocycles. The molecule has 0 saturated carbocycles. The van der Waals surface area contributed by atoms with Crippen LogP contribution in [0.3, 0.4) is 0 Å². The molecule has 10 heteroatoms. The van der Waals surface area contributed by atoms with Crippen molar-refractivity contribution in [1.82, 2.24) is 0 Å². The highest BCUT2D eigenvalue weighted by atomic mass is 32.3. The topological polar surface area (TPSA) is 121 Å². The fourth-order valence-corrected chi connectivity index (χ4v) is 8.23. The van der Waals surface area contributed by atoms with Gasteiger partial charge in [-0.3, -0.25) is 9.59 Å². The van der Waals surface area contributed by atoms with Crippen molar-refractivity contribution in [3.63, 3.8) is 0 Å². The Bertz CT molecular complexity index is 790. The summed E-state index contributed by atoms with van der Waals surface area (Å²) in [6.07, 6.45) is 0. The summed E-state index contributed by atoms with van der Waals surface area (Å²) >= 11 is 0. The third-order valence-corrected chi connectivity index (χ3v) is 8.95. The van der Waals surface area contributed by atoms with Gasteiger partial charge in [-0.2, -0.15) is 0 Å². The minimum Gasteiger partial charge on any atom is -0.468 e. The van der Waals surface area contributed by atoms with Gasteiger partial charge < -0.3 is 9.47 Å². The molecule has 0 unspecified atom stereocenters. The van der Waals surface area contributed by atoms with Gasteiger partial charge in [0.1, 0.15) is 0 Å². The Labute approximate surface area is 139 Å². The molecular formula is C14H16O8S2. The van der Waals surface area contributed by atoms with E-state index in [1.807, 2.05) is 0 Å². The molecule has 1 saturated heterocycles. The van der Waals surface area contributed by atoms with Crippen molar-refractivity contribution in [3.8, 4) is 0 Å². The van der Waals surface area contributed by atoms with E-state index >= 15 is 0 Å². The lowest BCUT2D eigenvalue weighted by atomic mass is 9.91. The minimum atomic E-state index is -4.38. The quantitative estimate of drug-likeness (QED) is 0.657. The Kier molecular flexibility index (Phi) is 5.00. The predicted molar refractivity (Wildman–Crippen MR) is 83.5 cm³/mol. The van der Waals surface area contributed by atoms with Crippen molar-refractivity contribution in [1.29, 1.82) is 0 Å². The molecule has 2 rings (SSSR count). The van der Waals surface area contributed by atoms with E-state index in [1.165, 1.54) is 12.1 Å². The summed E-state index contributed by atoms with van der Waals surface area (Å²) in [5.74, 6) is -3.69. The number of carbonyl (C=O) groups excluding carboxylic acids is 2. The van der Waals surface area contributed by atoms with Gasteiger partial charge in [0.25, 0.3) is 0 Å². The standard InChI is InChI=1S/C14H16O8S2/c1-21-13(15)11-10(9-6-4-3-5-7-9)12(14(16)22-2)24(19,20)8-23(11,17)18/h3-7,10-12H,8H2,1-2H3/t11-,12-/m1/s1. The number of ether oxygens (including phenoxy) is 2. The van der Waals surface area contributed by atoms with E-state index in [0.29, 0.717) is 0 Å². The fraction of sp³-hybridized carbons (Fsp3) is 0.429. The van der Waals surface area contributed by atoms with Crippen LogP contribution in [0.25, 0.3) is 0 Å². The van der Waals surface area contributed by atoms with Crippen molar-refractivity contribution in [2.24, 2.45) is 0 Å². The number of sulfone groups is 2. The molecule has 0 bridgehead atoms. The van der Waals surface area contributed by atoms with Crippen LogP contribution < -0.4 is 0 Å². The molecule has 132 valence electrons. The van der Waals surface area contributed by atoms with E-state index < -0.39 is 53.1 Å². The van der Waals surface area contributed by atoms with Crippen LogP contribution >= 0.6 is 0 Å². The molecule has 0 amide bonds. The zero-order valence-corrected chi connectivity index (χ0v) is 14.5. The van der Waals surface area contributed by atoms with Crippen LogP contribution in [0, 0.1) is 0 Å². The third-order valence-electron chi connectivity index (χ3n) is 3.81. The van der Waals surface area contributed by atoms with Crippen LogP contribution in [-0.4, -0.2) is 58.6 Å². The Morgan fingerprint density at radius 3 is 1.67 bits per heavy atom. The summed E-state index contributed by atoms with van der Waals surface area (Å²) in [5.41, 5.74) is 0.218. The van der Waals surface area contributed by atoms with Gasteiger partial charge >= 0.3 is 11.9 Å². The molecule has 8 nitrogen and oxygen atoms in total. The summed E-state index contributed by atoms with van der Waals surface area (Å²) in [4.78, 5) is 24.2.